The molecule has 2 aromatic rings. The monoisotopic (exact) mass is 326 g/mol. The fourth-order valence-corrected chi connectivity index (χ4v) is 2.00. The van der Waals surface area contributed by atoms with Crippen LogP contribution >= 0.6 is 0 Å². The highest BCUT2D eigenvalue weighted by Crippen LogP contribution is 2.34. The van der Waals surface area contributed by atoms with E-state index >= 15 is 0 Å². The number of nitrogens with zero attached hydrogens (tertiary/aromatic N) is 2. The van der Waals surface area contributed by atoms with Crippen molar-refractivity contribution in [1.82, 2.24) is 4.98 Å². The van der Waals surface area contributed by atoms with Crippen molar-refractivity contribution in [2.75, 3.05) is 5.43 Å². The van der Waals surface area contributed by atoms with Crippen molar-refractivity contribution in [1.29, 1.82) is 0 Å². The Hall–Kier alpha value is -2.84. The number of aryl methyl sites for hydroxylation is 2. The molecule has 0 aliphatic rings. The van der Waals surface area contributed by atoms with Crippen LogP contribution in [0.1, 0.15) is 22.5 Å². The average Bonchev–Trinajstić information content (AvgIpc) is 2.76. The number of nitrogens with one attached hydrogen (secondary N) is 2. The zero-order valence-corrected chi connectivity index (χ0v) is 12.2. The number of hydrazone groups is 1. The summed E-state index contributed by atoms with van der Waals surface area (Å²) in [6.07, 6.45) is -3.22. The van der Waals surface area contributed by atoms with E-state index in [0.29, 0.717) is 6.07 Å². The SMILES string of the molecule is Cc1cc(/C=N/Nc2ccc(C(F)(F)F)cc2[N+](=O)[O-])c(C)[nH]1. The lowest BCUT2D eigenvalue weighted by Gasteiger charge is -2.08. The molecule has 0 atom stereocenters. The van der Waals surface area contributed by atoms with Crippen LogP contribution in [0.2, 0.25) is 0 Å². The van der Waals surface area contributed by atoms with E-state index in [1.165, 1.54) is 6.21 Å². The molecule has 9 heteroatoms. The van der Waals surface area contributed by atoms with Crippen LogP contribution < -0.4 is 5.43 Å². The first-order valence-electron chi connectivity index (χ1n) is 6.49. The van der Waals surface area contributed by atoms with Crippen LogP contribution in [0.15, 0.2) is 29.4 Å². The third-order valence-corrected chi connectivity index (χ3v) is 3.10. The number of anilines is 1. The second kappa shape index (κ2) is 6.11. The molecule has 0 radical (unpaired) electrons. The molecule has 0 aliphatic carbocycles. The summed E-state index contributed by atoms with van der Waals surface area (Å²) in [7, 11) is 0. The fourth-order valence-electron chi connectivity index (χ4n) is 2.00. The number of hydrogen-bond donors (Lipinski definition) is 2. The highest BCUT2D eigenvalue weighted by molar-refractivity contribution is 5.82. The first kappa shape index (κ1) is 16.5. The Morgan fingerprint density at radius 1 is 1.30 bits per heavy atom. The summed E-state index contributed by atoms with van der Waals surface area (Å²) < 4.78 is 37.8. The summed E-state index contributed by atoms with van der Waals surface area (Å²) in [6.45, 7) is 3.69. The van der Waals surface area contributed by atoms with E-state index < -0.39 is 22.4 Å². The smallest absolute Gasteiger partial charge is 0.362 e. The highest BCUT2D eigenvalue weighted by Gasteiger charge is 2.33. The van der Waals surface area contributed by atoms with Gasteiger partial charge in [-0.05, 0) is 32.0 Å². The van der Waals surface area contributed by atoms with E-state index in [9.17, 15) is 23.3 Å². The number of alkyl halides is 3. The molecule has 2 N–H and O–H groups in total. The van der Waals surface area contributed by atoms with Gasteiger partial charge >= 0.3 is 6.18 Å². The molecule has 0 unspecified atom stereocenters. The van der Waals surface area contributed by atoms with E-state index in [4.69, 9.17) is 0 Å². The van der Waals surface area contributed by atoms with Gasteiger partial charge in [0.1, 0.15) is 5.69 Å². The number of rotatable bonds is 4. The number of aromatic amines is 1. The molecule has 0 spiro atoms. The Balaban J connectivity index is 2.26. The minimum atomic E-state index is -4.65. The number of benzene rings is 1. The highest BCUT2D eigenvalue weighted by atomic mass is 19.4. The maximum atomic E-state index is 12.6. The number of aromatic nitrogens is 1. The first-order valence-corrected chi connectivity index (χ1v) is 6.49. The Morgan fingerprint density at radius 3 is 2.52 bits per heavy atom. The number of H-pyrrole nitrogens is 1. The molecule has 0 aliphatic heterocycles. The maximum Gasteiger partial charge on any atom is 0.416 e. The Kier molecular flexibility index (Phi) is 4.39. The number of nitro benzene ring substituents is 1. The first-order chi connectivity index (χ1) is 10.7. The molecule has 0 saturated heterocycles. The molecule has 0 saturated carbocycles. The van der Waals surface area contributed by atoms with Crippen LogP contribution in [0.3, 0.4) is 0 Å². The predicted octanol–water partition coefficient (Wildman–Crippen LogP) is 4.00. The third-order valence-electron chi connectivity index (χ3n) is 3.10. The van der Waals surface area contributed by atoms with Crippen LogP contribution in [0, 0.1) is 24.0 Å². The zero-order valence-electron chi connectivity index (χ0n) is 12.2. The molecule has 122 valence electrons. The molecule has 0 bridgehead atoms. The molecule has 1 aromatic carbocycles. The van der Waals surface area contributed by atoms with Crippen molar-refractivity contribution in [2.24, 2.45) is 5.10 Å². The molecule has 2 rings (SSSR count). The van der Waals surface area contributed by atoms with Crippen LogP contribution in [0.4, 0.5) is 24.5 Å². The van der Waals surface area contributed by atoms with E-state index in [2.05, 4.69) is 15.5 Å². The van der Waals surface area contributed by atoms with Gasteiger partial charge in [-0.1, -0.05) is 0 Å². The van der Waals surface area contributed by atoms with Gasteiger partial charge in [-0.15, -0.1) is 0 Å². The second-order valence-corrected chi connectivity index (χ2v) is 4.89. The molecule has 6 nitrogen and oxygen atoms in total. The van der Waals surface area contributed by atoms with E-state index in [-0.39, 0.29) is 5.69 Å². The average molecular weight is 326 g/mol. The van der Waals surface area contributed by atoms with Gasteiger partial charge in [0.2, 0.25) is 0 Å². The maximum absolute atomic E-state index is 12.6. The van der Waals surface area contributed by atoms with Crippen LogP contribution in [0.5, 0.6) is 0 Å². The summed E-state index contributed by atoms with van der Waals surface area (Å²) in [5.41, 5.74) is 3.05. The van der Waals surface area contributed by atoms with Crippen molar-refractivity contribution in [3.63, 3.8) is 0 Å². The summed E-state index contributed by atoms with van der Waals surface area (Å²) >= 11 is 0. The largest absolute Gasteiger partial charge is 0.416 e. The lowest BCUT2D eigenvalue weighted by molar-refractivity contribution is -0.384. The minimum Gasteiger partial charge on any atom is -0.362 e. The standard InChI is InChI=1S/C14H13F3N4O2/c1-8-5-10(9(2)19-8)7-18-20-12-4-3-11(14(15,16)17)6-13(12)21(22)23/h3-7,19-20H,1-2H3/b18-7+. The van der Waals surface area contributed by atoms with Gasteiger partial charge in [-0.3, -0.25) is 15.5 Å². The Morgan fingerprint density at radius 2 is 2.00 bits per heavy atom. The molecular formula is C14H13F3N4O2. The third kappa shape index (κ3) is 3.87. The van der Waals surface area contributed by atoms with Gasteiger partial charge < -0.3 is 4.98 Å². The lowest BCUT2D eigenvalue weighted by atomic mass is 10.1. The Bertz CT molecular complexity index is 766. The van der Waals surface area contributed by atoms with E-state index in [1.54, 1.807) is 0 Å². The van der Waals surface area contributed by atoms with Crippen molar-refractivity contribution in [3.05, 3.63) is 56.9 Å². The number of hydrogen-bond acceptors (Lipinski definition) is 4. The van der Waals surface area contributed by atoms with Crippen molar-refractivity contribution in [3.8, 4) is 0 Å². The quantitative estimate of drug-likeness (QED) is 0.506. The normalized spacial score (nSPS) is 11.9. The number of nitro groups is 1. The fraction of sp³-hybridized carbons (Fsp3) is 0.214. The Labute approximate surface area is 129 Å². The molecule has 23 heavy (non-hydrogen) atoms. The van der Waals surface area contributed by atoms with Gasteiger partial charge in [0.15, 0.2) is 0 Å². The molecule has 0 fully saturated rings. The van der Waals surface area contributed by atoms with Crippen LogP contribution in [-0.4, -0.2) is 16.1 Å². The van der Waals surface area contributed by atoms with Crippen molar-refractivity contribution in [2.45, 2.75) is 20.0 Å². The van der Waals surface area contributed by atoms with Gasteiger partial charge in [0.05, 0.1) is 16.7 Å². The summed E-state index contributed by atoms with van der Waals surface area (Å²) in [6, 6.07) is 4.04. The lowest BCUT2D eigenvalue weighted by Crippen LogP contribution is -2.06. The molecule has 0 amide bonds. The number of halogens is 3. The zero-order chi connectivity index (χ0) is 17.2. The molecular weight excluding hydrogens is 313 g/mol. The summed E-state index contributed by atoms with van der Waals surface area (Å²) in [5.74, 6) is 0. The topological polar surface area (TPSA) is 83.3 Å². The summed E-state index contributed by atoms with van der Waals surface area (Å²) in [5, 5.41) is 14.8. The van der Waals surface area contributed by atoms with Gasteiger partial charge in [-0.2, -0.15) is 18.3 Å². The van der Waals surface area contributed by atoms with Gasteiger partial charge in [-0.25, -0.2) is 0 Å². The summed E-state index contributed by atoms with van der Waals surface area (Å²) in [4.78, 5) is 13.1. The van der Waals surface area contributed by atoms with Crippen molar-refractivity contribution >= 4 is 17.6 Å². The van der Waals surface area contributed by atoms with Crippen molar-refractivity contribution < 1.29 is 18.1 Å². The van der Waals surface area contributed by atoms with Gasteiger partial charge in [0.25, 0.3) is 5.69 Å². The van der Waals surface area contributed by atoms with E-state index in [0.717, 1.165) is 29.1 Å². The molecule has 1 aromatic heterocycles. The van der Waals surface area contributed by atoms with E-state index in [1.807, 2.05) is 19.9 Å². The molecule has 1 heterocycles. The second-order valence-electron chi connectivity index (χ2n) is 4.89. The minimum absolute atomic E-state index is 0.121. The predicted molar refractivity (Wildman–Crippen MR) is 79.6 cm³/mol. The van der Waals surface area contributed by atoms with Crippen LogP contribution in [-0.2, 0) is 6.18 Å². The van der Waals surface area contributed by atoms with Crippen LogP contribution in [0.25, 0.3) is 0 Å². The van der Waals surface area contributed by atoms with Gasteiger partial charge in [0, 0.05) is 23.0 Å².